The van der Waals surface area contributed by atoms with E-state index < -0.39 is 5.97 Å². The molecule has 0 aliphatic carbocycles. The molecule has 1 aromatic heterocycles. The molecule has 0 atom stereocenters. The molecule has 2 aromatic rings. The first-order chi connectivity index (χ1) is 7.66. The molecule has 0 unspecified atom stereocenters. The largest absolute Gasteiger partial charge is 0.480 e. The van der Waals surface area contributed by atoms with Crippen LogP contribution in [0.25, 0.3) is 11.1 Å². The maximum Gasteiger partial charge on any atom is 0.329 e. The first-order valence-corrected chi connectivity index (χ1v) is 4.81. The van der Waals surface area contributed by atoms with Gasteiger partial charge >= 0.3 is 5.97 Å². The van der Waals surface area contributed by atoms with Crippen LogP contribution in [0.15, 0.2) is 22.6 Å². The highest BCUT2D eigenvalue weighted by Crippen LogP contribution is 2.19. The van der Waals surface area contributed by atoms with Crippen LogP contribution in [0.5, 0.6) is 0 Å². The summed E-state index contributed by atoms with van der Waals surface area (Å²) >= 11 is 0. The van der Waals surface area contributed by atoms with Gasteiger partial charge in [-0.1, -0.05) is 12.1 Å². The Labute approximate surface area is 91.7 Å². The van der Waals surface area contributed by atoms with Crippen LogP contribution in [-0.2, 0) is 16.1 Å². The summed E-state index contributed by atoms with van der Waals surface area (Å²) in [7, 11) is 0. The molecule has 5 nitrogen and oxygen atoms in total. The number of carbonyl (C=O) groups is 1. The van der Waals surface area contributed by atoms with Crippen molar-refractivity contribution in [2.24, 2.45) is 0 Å². The molecule has 0 aliphatic rings. The smallest absolute Gasteiger partial charge is 0.329 e. The third-order valence-corrected chi connectivity index (χ3v) is 2.12. The van der Waals surface area contributed by atoms with Crippen molar-refractivity contribution >= 4 is 17.1 Å². The number of benzene rings is 1. The van der Waals surface area contributed by atoms with Crippen LogP contribution in [0.3, 0.4) is 0 Å². The Balaban J connectivity index is 2.14. The number of ether oxygens (including phenoxy) is 1. The average Bonchev–Trinajstić information content (AvgIpc) is 2.61. The van der Waals surface area contributed by atoms with Crippen molar-refractivity contribution < 1.29 is 19.1 Å². The van der Waals surface area contributed by atoms with Gasteiger partial charge in [0.05, 0.1) is 0 Å². The van der Waals surface area contributed by atoms with Gasteiger partial charge < -0.3 is 14.3 Å². The molecule has 0 radical (unpaired) electrons. The Morgan fingerprint density at radius 3 is 3.06 bits per heavy atom. The fourth-order valence-corrected chi connectivity index (χ4v) is 1.42. The predicted molar refractivity (Wildman–Crippen MR) is 56.0 cm³/mol. The Kier molecular flexibility index (Phi) is 2.87. The number of aromatic nitrogens is 1. The van der Waals surface area contributed by atoms with Crippen LogP contribution in [0.1, 0.15) is 11.5 Å². The summed E-state index contributed by atoms with van der Waals surface area (Å²) in [5, 5.41) is 8.40. The van der Waals surface area contributed by atoms with Gasteiger partial charge in [-0.05, 0) is 18.6 Å². The fraction of sp³-hybridized carbons (Fsp3) is 0.273. The molecule has 0 bridgehead atoms. The van der Waals surface area contributed by atoms with Crippen LogP contribution in [0.4, 0.5) is 0 Å². The Hall–Kier alpha value is -1.88. The summed E-state index contributed by atoms with van der Waals surface area (Å²) in [4.78, 5) is 14.5. The van der Waals surface area contributed by atoms with E-state index in [-0.39, 0.29) is 13.2 Å². The summed E-state index contributed by atoms with van der Waals surface area (Å²) in [6.07, 6.45) is 0. The van der Waals surface area contributed by atoms with E-state index in [9.17, 15) is 4.79 Å². The number of hydrogen-bond acceptors (Lipinski definition) is 4. The van der Waals surface area contributed by atoms with Gasteiger partial charge in [0, 0.05) is 0 Å². The lowest BCUT2D eigenvalue weighted by Gasteiger charge is -1.94. The van der Waals surface area contributed by atoms with E-state index in [0.717, 1.165) is 11.1 Å². The zero-order valence-corrected chi connectivity index (χ0v) is 8.77. The van der Waals surface area contributed by atoms with Crippen LogP contribution >= 0.6 is 0 Å². The summed E-state index contributed by atoms with van der Waals surface area (Å²) in [5.41, 5.74) is 2.50. The summed E-state index contributed by atoms with van der Waals surface area (Å²) < 4.78 is 10.3. The molecule has 0 fully saturated rings. The zero-order chi connectivity index (χ0) is 11.5. The first kappa shape index (κ1) is 10.6. The van der Waals surface area contributed by atoms with Crippen LogP contribution in [0, 0.1) is 6.92 Å². The highest BCUT2D eigenvalue weighted by molar-refractivity contribution is 5.76. The van der Waals surface area contributed by atoms with Crippen molar-refractivity contribution in [2.45, 2.75) is 13.5 Å². The molecule has 0 aliphatic heterocycles. The van der Waals surface area contributed by atoms with Gasteiger partial charge in [-0.2, -0.15) is 0 Å². The number of rotatable bonds is 4. The van der Waals surface area contributed by atoms with Gasteiger partial charge in [0.1, 0.15) is 18.7 Å². The van der Waals surface area contributed by atoms with E-state index in [0.29, 0.717) is 11.5 Å². The Morgan fingerprint density at radius 1 is 1.56 bits per heavy atom. The molecule has 1 aromatic carbocycles. The standard InChI is InChI=1S/C11H11NO4/c1-7-3-2-4-8-11(7)12-9(16-8)5-15-6-10(13)14/h2-4H,5-6H2,1H3,(H,13,14). The first-order valence-electron chi connectivity index (χ1n) is 4.81. The molecule has 0 saturated carbocycles. The number of carboxylic acid groups (broad SMARTS) is 1. The predicted octanol–water partition coefficient (Wildman–Crippen LogP) is 1.74. The Bertz CT molecular complexity index is 518. The van der Waals surface area contributed by atoms with E-state index in [1.807, 2.05) is 25.1 Å². The number of hydrogen-bond donors (Lipinski definition) is 1. The molecular formula is C11H11NO4. The van der Waals surface area contributed by atoms with Crippen LogP contribution < -0.4 is 0 Å². The average molecular weight is 221 g/mol. The number of nitrogens with zero attached hydrogens (tertiary/aromatic N) is 1. The van der Waals surface area contributed by atoms with Crippen molar-refractivity contribution in [3.8, 4) is 0 Å². The maximum absolute atomic E-state index is 10.2. The van der Waals surface area contributed by atoms with E-state index in [1.54, 1.807) is 0 Å². The molecule has 16 heavy (non-hydrogen) atoms. The maximum atomic E-state index is 10.2. The number of fused-ring (bicyclic) bond motifs is 1. The number of para-hydroxylation sites is 1. The van der Waals surface area contributed by atoms with Gasteiger partial charge in [0.25, 0.3) is 0 Å². The number of oxazole rings is 1. The van der Waals surface area contributed by atoms with Crippen molar-refractivity contribution in [1.29, 1.82) is 0 Å². The van der Waals surface area contributed by atoms with Gasteiger partial charge in [-0.25, -0.2) is 9.78 Å². The van der Waals surface area contributed by atoms with Gasteiger partial charge in [0.15, 0.2) is 5.58 Å². The van der Waals surface area contributed by atoms with Gasteiger partial charge in [-0.3, -0.25) is 0 Å². The topological polar surface area (TPSA) is 72.6 Å². The molecule has 2 rings (SSSR count). The minimum atomic E-state index is -1.01. The summed E-state index contributed by atoms with van der Waals surface area (Å²) in [6, 6.07) is 5.63. The summed E-state index contributed by atoms with van der Waals surface area (Å²) in [5.74, 6) is -0.613. The fourth-order valence-electron chi connectivity index (χ4n) is 1.42. The highest BCUT2D eigenvalue weighted by atomic mass is 16.5. The lowest BCUT2D eigenvalue weighted by molar-refractivity contribution is -0.142. The lowest BCUT2D eigenvalue weighted by Crippen LogP contribution is -2.06. The molecule has 1 N–H and O–H groups in total. The second kappa shape index (κ2) is 4.32. The SMILES string of the molecule is Cc1cccc2oc(COCC(=O)O)nc12. The number of aryl methyl sites for hydroxylation is 1. The van der Waals surface area contributed by atoms with Crippen molar-refractivity contribution in [3.63, 3.8) is 0 Å². The van der Waals surface area contributed by atoms with E-state index in [2.05, 4.69) is 4.98 Å². The van der Waals surface area contributed by atoms with E-state index in [4.69, 9.17) is 14.3 Å². The zero-order valence-electron chi connectivity index (χ0n) is 8.77. The van der Waals surface area contributed by atoms with Crippen molar-refractivity contribution in [2.75, 3.05) is 6.61 Å². The van der Waals surface area contributed by atoms with E-state index >= 15 is 0 Å². The monoisotopic (exact) mass is 221 g/mol. The molecular weight excluding hydrogens is 210 g/mol. The molecule has 84 valence electrons. The quantitative estimate of drug-likeness (QED) is 0.851. The normalized spacial score (nSPS) is 10.8. The third kappa shape index (κ3) is 2.20. The Morgan fingerprint density at radius 2 is 2.38 bits per heavy atom. The number of aliphatic carboxylic acids is 1. The number of carboxylic acids is 1. The van der Waals surface area contributed by atoms with Crippen molar-refractivity contribution in [1.82, 2.24) is 4.98 Å². The van der Waals surface area contributed by atoms with Crippen LogP contribution in [0.2, 0.25) is 0 Å². The second-order valence-corrected chi connectivity index (χ2v) is 3.42. The molecule has 1 heterocycles. The minimum absolute atomic E-state index is 0.0699. The molecule has 0 saturated heterocycles. The minimum Gasteiger partial charge on any atom is -0.480 e. The van der Waals surface area contributed by atoms with Crippen molar-refractivity contribution in [3.05, 3.63) is 29.7 Å². The third-order valence-electron chi connectivity index (χ3n) is 2.12. The van der Waals surface area contributed by atoms with Crippen LogP contribution in [-0.4, -0.2) is 22.7 Å². The lowest BCUT2D eigenvalue weighted by atomic mass is 10.2. The van der Waals surface area contributed by atoms with E-state index in [1.165, 1.54) is 0 Å². The van der Waals surface area contributed by atoms with Gasteiger partial charge in [-0.15, -0.1) is 0 Å². The second-order valence-electron chi connectivity index (χ2n) is 3.42. The molecule has 0 spiro atoms. The molecule has 5 heteroatoms. The highest BCUT2D eigenvalue weighted by Gasteiger charge is 2.08. The molecule has 0 amide bonds. The van der Waals surface area contributed by atoms with Gasteiger partial charge in [0.2, 0.25) is 5.89 Å². The summed E-state index contributed by atoms with van der Waals surface area (Å²) in [6.45, 7) is 1.66.